The Kier molecular flexibility index (Phi) is 9.30. The SMILES string of the molecule is COc1ccccc1NC(=O)COc1c(Br)cc(/C=C(/C#N)C(=O)Nc2cccc(C)c2C)cc1OC. The van der Waals surface area contributed by atoms with Crippen LogP contribution in [0, 0.1) is 25.2 Å². The second-order valence-electron chi connectivity index (χ2n) is 7.94. The number of carbonyl (C=O) groups is 2. The number of hydrogen-bond acceptors (Lipinski definition) is 6. The molecule has 2 amide bonds. The van der Waals surface area contributed by atoms with E-state index in [-0.39, 0.29) is 12.2 Å². The first kappa shape index (κ1) is 27.3. The fraction of sp³-hybridized carbons (Fsp3) is 0.179. The predicted octanol–water partition coefficient (Wildman–Crippen LogP) is 5.65. The predicted molar refractivity (Wildman–Crippen MR) is 146 cm³/mol. The molecular weight excluding hydrogens is 538 g/mol. The van der Waals surface area contributed by atoms with Crippen molar-refractivity contribution >= 4 is 45.2 Å². The summed E-state index contributed by atoms with van der Waals surface area (Å²) in [7, 11) is 2.97. The van der Waals surface area contributed by atoms with Gasteiger partial charge in [0, 0.05) is 5.69 Å². The van der Waals surface area contributed by atoms with Gasteiger partial charge in [-0.25, -0.2) is 0 Å². The van der Waals surface area contributed by atoms with Gasteiger partial charge in [-0.2, -0.15) is 5.26 Å². The summed E-state index contributed by atoms with van der Waals surface area (Å²) in [5.74, 6) is 0.226. The van der Waals surface area contributed by atoms with E-state index < -0.39 is 11.8 Å². The number of hydrogen-bond donors (Lipinski definition) is 2. The van der Waals surface area contributed by atoms with E-state index in [4.69, 9.17) is 14.2 Å². The average molecular weight is 564 g/mol. The lowest BCUT2D eigenvalue weighted by molar-refractivity contribution is -0.118. The summed E-state index contributed by atoms with van der Waals surface area (Å²) in [4.78, 5) is 25.2. The molecular formula is C28H26BrN3O5. The number of para-hydroxylation sites is 2. The number of halogens is 1. The van der Waals surface area contributed by atoms with Crippen LogP contribution in [0.25, 0.3) is 6.08 Å². The first-order chi connectivity index (χ1) is 17.8. The molecule has 0 fully saturated rings. The van der Waals surface area contributed by atoms with Crippen LogP contribution in [-0.4, -0.2) is 32.6 Å². The first-order valence-corrected chi connectivity index (χ1v) is 12.0. The Morgan fingerprint density at radius 1 is 0.973 bits per heavy atom. The Bertz CT molecular complexity index is 1400. The van der Waals surface area contributed by atoms with Crippen molar-refractivity contribution in [2.24, 2.45) is 0 Å². The van der Waals surface area contributed by atoms with Gasteiger partial charge in [-0.3, -0.25) is 9.59 Å². The maximum atomic E-state index is 12.8. The molecule has 3 rings (SSSR count). The van der Waals surface area contributed by atoms with E-state index in [1.165, 1.54) is 20.3 Å². The monoisotopic (exact) mass is 563 g/mol. The van der Waals surface area contributed by atoms with Gasteiger partial charge < -0.3 is 24.8 Å². The lowest BCUT2D eigenvalue weighted by Gasteiger charge is -2.14. The van der Waals surface area contributed by atoms with Crippen LogP contribution < -0.4 is 24.8 Å². The number of nitrogens with one attached hydrogen (secondary N) is 2. The zero-order chi connectivity index (χ0) is 26.9. The summed E-state index contributed by atoms with van der Waals surface area (Å²) in [6, 6.07) is 17.8. The molecule has 9 heteroatoms. The molecule has 190 valence electrons. The maximum Gasteiger partial charge on any atom is 0.266 e. The normalized spacial score (nSPS) is 10.8. The van der Waals surface area contributed by atoms with Crippen LogP contribution in [0.1, 0.15) is 16.7 Å². The van der Waals surface area contributed by atoms with E-state index >= 15 is 0 Å². The molecule has 0 heterocycles. The summed E-state index contributed by atoms with van der Waals surface area (Å²) in [5.41, 5.74) is 3.56. The fourth-order valence-electron chi connectivity index (χ4n) is 3.43. The summed E-state index contributed by atoms with van der Waals surface area (Å²) in [6.45, 7) is 3.56. The minimum atomic E-state index is -0.528. The van der Waals surface area contributed by atoms with Crippen LogP contribution in [0.5, 0.6) is 17.2 Å². The van der Waals surface area contributed by atoms with Crippen LogP contribution in [0.2, 0.25) is 0 Å². The Hall–Kier alpha value is -4.29. The molecule has 0 saturated carbocycles. The topological polar surface area (TPSA) is 110 Å². The molecule has 0 aromatic heterocycles. The van der Waals surface area contributed by atoms with E-state index in [0.29, 0.717) is 38.7 Å². The van der Waals surface area contributed by atoms with Crippen molar-refractivity contribution in [3.8, 4) is 23.3 Å². The minimum Gasteiger partial charge on any atom is -0.495 e. The highest BCUT2D eigenvalue weighted by atomic mass is 79.9. The Morgan fingerprint density at radius 3 is 2.38 bits per heavy atom. The number of amides is 2. The molecule has 8 nitrogen and oxygen atoms in total. The lowest BCUT2D eigenvalue weighted by Crippen LogP contribution is -2.20. The summed E-state index contributed by atoms with van der Waals surface area (Å²) in [5, 5.41) is 15.1. The number of anilines is 2. The van der Waals surface area contributed by atoms with Crippen molar-refractivity contribution in [1.82, 2.24) is 0 Å². The maximum absolute atomic E-state index is 12.8. The molecule has 0 atom stereocenters. The Morgan fingerprint density at radius 2 is 1.68 bits per heavy atom. The summed E-state index contributed by atoms with van der Waals surface area (Å²) >= 11 is 3.43. The van der Waals surface area contributed by atoms with Gasteiger partial charge in [-0.1, -0.05) is 24.3 Å². The molecule has 0 radical (unpaired) electrons. The number of nitriles is 1. The van der Waals surface area contributed by atoms with E-state index in [0.717, 1.165) is 11.1 Å². The number of rotatable bonds is 9. The zero-order valence-electron chi connectivity index (χ0n) is 20.8. The number of aryl methyl sites for hydroxylation is 1. The first-order valence-electron chi connectivity index (χ1n) is 11.2. The summed E-state index contributed by atoms with van der Waals surface area (Å²) < 4.78 is 16.9. The van der Waals surface area contributed by atoms with Crippen LogP contribution >= 0.6 is 15.9 Å². The van der Waals surface area contributed by atoms with E-state index in [9.17, 15) is 14.9 Å². The number of methoxy groups -OCH3 is 2. The van der Waals surface area contributed by atoms with Gasteiger partial charge in [0.25, 0.3) is 11.8 Å². The van der Waals surface area contributed by atoms with Crippen molar-refractivity contribution in [3.63, 3.8) is 0 Å². The van der Waals surface area contributed by atoms with E-state index in [2.05, 4.69) is 26.6 Å². The number of carbonyl (C=O) groups excluding carboxylic acids is 2. The van der Waals surface area contributed by atoms with E-state index in [1.54, 1.807) is 42.5 Å². The third kappa shape index (κ3) is 6.90. The molecule has 0 aliphatic rings. The van der Waals surface area contributed by atoms with Crippen LogP contribution in [-0.2, 0) is 9.59 Å². The van der Waals surface area contributed by atoms with Gasteiger partial charge in [0.1, 0.15) is 17.4 Å². The zero-order valence-corrected chi connectivity index (χ0v) is 22.4. The summed E-state index contributed by atoms with van der Waals surface area (Å²) in [6.07, 6.45) is 1.45. The van der Waals surface area contributed by atoms with Crippen LogP contribution in [0.4, 0.5) is 11.4 Å². The van der Waals surface area contributed by atoms with Gasteiger partial charge in [0.15, 0.2) is 18.1 Å². The molecule has 3 aromatic rings. The molecule has 0 aliphatic carbocycles. The fourth-order valence-corrected chi connectivity index (χ4v) is 4.00. The molecule has 0 spiro atoms. The standard InChI is InChI=1S/C28H26BrN3O5/c1-17-8-7-10-22(18(17)2)32-28(34)20(15-30)12-19-13-21(29)27(25(14-19)36-4)37-16-26(33)31-23-9-5-6-11-24(23)35-3/h5-14H,16H2,1-4H3,(H,31,33)(H,32,34)/b20-12-. The quantitative estimate of drug-likeness (QED) is 0.257. The molecule has 0 bridgehead atoms. The number of benzene rings is 3. The molecule has 0 saturated heterocycles. The van der Waals surface area contributed by atoms with Gasteiger partial charge in [0.2, 0.25) is 0 Å². The molecule has 37 heavy (non-hydrogen) atoms. The highest BCUT2D eigenvalue weighted by Crippen LogP contribution is 2.37. The van der Waals surface area contributed by atoms with Crippen molar-refractivity contribution in [3.05, 3.63) is 81.3 Å². The van der Waals surface area contributed by atoms with Crippen molar-refractivity contribution in [2.75, 3.05) is 31.5 Å². The number of nitrogens with zero attached hydrogens (tertiary/aromatic N) is 1. The van der Waals surface area contributed by atoms with Crippen molar-refractivity contribution < 1.29 is 23.8 Å². The molecule has 0 unspecified atom stereocenters. The highest BCUT2D eigenvalue weighted by molar-refractivity contribution is 9.10. The van der Waals surface area contributed by atoms with Crippen molar-refractivity contribution in [2.45, 2.75) is 13.8 Å². The van der Waals surface area contributed by atoms with Gasteiger partial charge in [-0.15, -0.1) is 0 Å². The Labute approximate surface area is 224 Å². The third-order valence-electron chi connectivity index (χ3n) is 5.51. The lowest BCUT2D eigenvalue weighted by atomic mass is 10.1. The largest absolute Gasteiger partial charge is 0.495 e. The van der Waals surface area contributed by atoms with Gasteiger partial charge >= 0.3 is 0 Å². The van der Waals surface area contributed by atoms with Crippen LogP contribution in [0.3, 0.4) is 0 Å². The van der Waals surface area contributed by atoms with Gasteiger partial charge in [-0.05, 0) is 82.9 Å². The Balaban J connectivity index is 1.76. The molecule has 3 aromatic carbocycles. The van der Waals surface area contributed by atoms with Crippen molar-refractivity contribution in [1.29, 1.82) is 5.26 Å². The second kappa shape index (κ2) is 12.6. The molecule has 0 aliphatic heterocycles. The minimum absolute atomic E-state index is 0.0836. The van der Waals surface area contributed by atoms with Crippen LogP contribution in [0.15, 0.2) is 64.6 Å². The highest BCUT2D eigenvalue weighted by Gasteiger charge is 2.16. The number of ether oxygens (including phenoxy) is 3. The third-order valence-corrected chi connectivity index (χ3v) is 6.10. The van der Waals surface area contributed by atoms with Gasteiger partial charge in [0.05, 0.1) is 24.4 Å². The van der Waals surface area contributed by atoms with E-state index in [1.807, 2.05) is 32.0 Å². The molecule has 2 N–H and O–H groups in total. The average Bonchev–Trinajstić information content (AvgIpc) is 2.89. The second-order valence-corrected chi connectivity index (χ2v) is 8.80. The smallest absolute Gasteiger partial charge is 0.266 e.